The Labute approximate surface area is 151 Å². The van der Waals surface area contributed by atoms with E-state index < -0.39 is 11.7 Å². The molecule has 0 saturated carbocycles. The first-order valence-electron chi connectivity index (χ1n) is 8.41. The van der Waals surface area contributed by atoms with Gasteiger partial charge < -0.3 is 15.0 Å². The molecule has 2 amide bonds. The first-order chi connectivity index (χ1) is 12.4. The molecule has 1 aliphatic heterocycles. The fraction of sp³-hybridized carbons (Fsp3) is 0.300. The number of nitrogens with one attached hydrogen (secondary N) is 1. The maximum absolute atomic E-state index is 13.4. The third-order valence-corrected chi connectivity index (χ3v) is 4.58. The summed E-state index contributed by atoms with van der Waals surface area (Å²) in [5.74, 6) is -0.757. The highest BCUT2D eigenvalue weighted by molar-refractivity contribution is 6.04. The minimum Gasteiger partial charge on any atom is -0.495 e. The molecular weight excluding hydrogens is 335 g/mol. The molecule has 1 aliphatic rings. The molecular formula is C20H21FN2O3. The minimum absolute atomic E-state index is 0.108. The molecule has 1 heterocycles. The van der Waals surface area contributed by atoms with Gasteiger partial charge in [0, 0.05) is 18.7 Å². The van der Waals surface area contributed by atoms with Gasteiger partial charge in [-0.05, 0) is 49.2 Å². The fourth-order valence-corrected chi connectivity index (χ4v) is 3.09. The highest BCUT2D eigenvalue weighted by Gasteiger charge is 2.36. The lowest BCUT2D eigenvalue weighted by Crippen LogP contribution is -2.28. The van der Waals surface area contributed by atoms with Gasteiger partial charge in [0.1, 0.15) is 11.6 Å². The Morgan fingerprint density at radius 2 is 2.00 bits per heavy atom. The van der Waals surface area contributed by atoms with Gasteiger partial charge in [-0.2, -0.15) is 0 Å². The van der Waals surface area contributed by atoms with Gasteiger partial charge in [0.15, 0.2) is 0 Å². The van der Waals surface area contributed by atoms with E-state index >= 15 is 0 Å². The lowest BCUT2D eigenvalue weighted by molar-refractivity contribution is -0.122. The SMILES string of the molecule is COc1ccc(C)cc1N1CC(C(=O)Nc2cc(F)ccc2C)CC1=O. The summed E-state index contributed by atoms with van der Waals surface area (Å²) in [4.78, 5) is 26.6. The summed E-state index contributed by atoms with van der Waals surface area (Å²) in [6, 6.07) is 9.81. The Balaban J connectivity index is 1.78. The first kappa shape index (κ1) is 17.9. The molecule has 0 bridgehead atoms. The van der Waals surface area contributed by atoms with E-state index in [2.05, 4.69) is 5.32 Å². The summed E-state index contributed by atoms with van der Waals surface area (Å²) in [5, 5.41) is 2.74. The number of amides is 2. The molecule has 6 heteroatoms. The van der Waals surface area contributed by atoms with E-state index in [9.17, 15) is 14.0 Å². The van der Waals surface area contributed by atoms with Gasteiger partial charge in [0.05, 0.1) is 18.7 Å². The van der Waals surface area contributed by atoms with E-state index in [0.717, 1.165) is 11.1 Å². The fourth-order valence-electron chi connectivity index (χ4n) is 3.09. The van der Waals surface area contributed by atoms with Crippen molar-refractivity contribution in [2.75, 3.05) is 23.9 Å². The van der Waals surface area contributed by atoms with Gasteiger partial charge in [0.2, 0.25) is 11.8 Å². The number of benzene rings is 2. The first-order valence-corrected chi connectivity index (χ1v) is 8.41. The van der Waals surface area contributed by atoms with E-state index in [1.54, 1.807) is 31.1 Å². The average Bonchev–Trinajstić information content (AvgIpc) is 3.00. The molecule has 1 atom stereocenters. The molecule has 136 valence electrons. The zero-order valence-corrected chi connectivity index (χ0v) is 15.0. The number of hydrogen-bond acceptors (Lipinski definition) is 3. The second-order valence-corrected chi connectivity index (χ2v) is 6.53. The maximum atomic E-state index is 13.4. The minimum atomic E-state index is -0.504. The molecule has 1 saturated heterocycles. The number of halogens is 1. The van der Waals surface area contributed by atoms with E-state index in [0.29, 0.717) is 17.1 Å². The van der Waals surface area contributed by atoms with Crippen LogP contribution in [0.15, 0.2) is 36.4 Å². The van der Waals surface area contributed by atoms with Crippen molar-refractivity contribution in [1.29, 1.82) is 0 Å². The van der Waals surface area contributed by atoms with Crippen LogP contribution >= 0.6 is 0 Å². The summed E-state index contributed by atoms with van der Waals surface area (Å²) < 4.78 is 18.8. The molecule has 5 nitrogen and oxygen atoms in total. The van der Waals surface area contributed by atoms with Crippen LogP contribution in [0.5, 0.6) is 5.75 Å². The van der Waals surface area contributed by atoms with E-state index in [1.807, 2.05) is 19.1 Å². The van der Waals surface area contributed by atoms with Crippen molar-refractivity contribution in [2.24, 2.45) is 5.92 Å². The van der Waals surface area contributed by atoms with Crippen LogP contribution in [0, 0.1) is 25.6 Å². The Bertz CT molecular complexity index is 866. The van der Waals surface area contributed by atoms with Crippen molar-refractivity contribution in [2.45, 2.75) is 20.3 Å². The van der Waals surface area contributed by atoms with Crippen LogP contribution < -0.4 is 15.0 Å². The third kappa shape index (κ3) is 3.54. The monoisotopic (exact) mass is 356 g/mol. The van der Waals surface area contributed by atoms with Crippen molar-refractivity contribution >= 4 is 23.2 Å². The molecule has 3 rings (SSSR count). The summed E-state index contributed by atoms with van der Waals surface area (Å²) in [6.45, 7) is 3.98. The molecule has 2 aromatic carbocycles. The number of rotatable bonds is 4. The quantitative estimate of drug-likeness (QED) is 0.913. The van der Waals surface area contributed by atoms with Crippen LogP contribution in [-0.4, -0.2) is 25.5 Å². The van der Waals surface area contributed by atoms with Crippen LogP contribution in [0.4, 0.5) is 15.8 Å². The lowest BCUT2D eigenvalue weighted by Gasteiger charge is -2.20. The number of methoxy groups -OCH3 is 1. The van der Waals surface area contributed by atoms with Crippen molar-refractivity contribution in [3.63, 3.8) is 0 Å². The van der Waals surface area contributed by atoms with Crippen molar-refractivity contribution in [1.82, 2.24) is 0 Å². The second kappa shape index (κ2) is 7.15. The smallest absolute Gasteiger partial charge is 0.229 e. The largest absolute Gasteiger partial charge is 0.495 e. The molecule has 0 aromatic heterocycles. The number of aryl methyl sites for hydroxylation is 2. The Kier molecular flexibility index (Phi) is 4.93. The number of carbonyl (C=O) groups excluding carboxylic acids is 2. The molecule has 1 unspecified atom stereocenters. The number of anilines is 2. The number of nitrogens with zero attached hydrogens (tertiary/aromatic N) is 1. The van der Waals surface area contributed by atoms with Crippen LogP contribution in [0.3, 0.4) is 0 Å². The van der Waals surface area contributed by atoms with E-state index in [1.165, 1.54) is 12.1 Å². The Morgan fingerprint density at radius 3 is 2.73 bits per heavy atom. The van der Waals surface area contributed by atoms with Gasteiger partial charge in [0.25, 0.3) is 0 Å². The van der Waals surface area contributed by atoms with Gasteiger partial charge in [-0.3, -0.25) is 9.59 Å². The standard InChI is InChI=1S/C20H21FN2O3/c1-12-4-7-18(26-3)17(8-12)23-11-14(9-19(23)24)20(25)22-16-10-15(21)6-5-13(16)2/h4-8,10,14H,9,11H2,1-3H3,(H,22,25). The lowest BCUT2D eigenvalue weighted by atomic mass is 10.1. The van der Waals surface area contributed by atoms with Gasteiger partial charge in [-0.1, -0.05) is 12.1 Å². The van der Waals surface area contributed by atoms with Gasteiger partial charge in [-0.15, -0.1) is 0 Å². The predicted molar refractivity (Wildman–Crippen MR) is 98.0 cm³/mol. The normalized spacial score (nSPS) is 16.7. The van der Waals surface area contributed by atoms with E-state index in [-0.39, 0.29) is 24.8 Å². The molecule has 0 aliphatic carbocycles. The zero-order chi connectivity index (χ0) is 18.8. The van der Waals surface area contributed by atoms with Crippen LogP contribution in [0.2, 0.25) is 0 Å². The number of hydrogen-bond donors (Lipinski definition) is 1. The summed E-state index contributed by atoms with van der Waals surface area (Å²) in [6.07, 6.45) is 0.108. The highest BCUT2D eigenvalue weighted by atomic mass is 19.1. The topological polar surface area (TPSA) is 58.6 Å². The van der Waals surface area contributed by atoms with Crippen LogP contribution in [-0.2, 0) is 9.59 Å². The van der Waals surface area contributed by atoms with Crippen molar-refractivity contribution in [3.05, 3.63) is 53.3 Å². The van der Waals surface area contributed by atoms with Gasteiger partial charge >= 0.3 is 0 Å². The average molecular weight is 356 g/mol. The van der Waals surface area contributed by atoms with E-state index in [4.69, 9.17) is 4.74 Å². The predicted octanol–water partition coefficient (Wildman–Crippen LogP) is 3.44. The zero-order valence-electron chi connectivity index (χ0n) is 15.0. The third-order valence-electron chi connectivity index (χ3n) is 4.58. The summed E-state index contributed by atoms with van der Waals surface area (Å²) >= 11 is 0. The van der Waals surface area contributed by atoms with Crippen molar-refractivity contribution < 1.29 is 18.7 Å². The highest BCUT2D eigenvalue weighted by Crippen LogP contribution is 2.34. The molecule has 1 N–H and O–H groups in total. The molecule has 0 spiro atoms. The molecule has 0 radical (unpaired) electrons. The Hall–Kier alpha value is -2.89. The summed E-state index contributed by atoms with van der Waals surface area (Å²) in [5.41, 5.74) is 2.85. The van der Waals surface area contributed by atoms with Gasteiger partial charge in [-0.25, -0.2) is 4.39 Å². The summed E-state index contributed by atoms with van der Waals surface area (Å²) in [7, 11) is 1.55. The Morgan fingerprint density at radius 1 is 1.23 bits per heavy atom. The number of ether oxygens (including phenoxy) is 1. The number of carbonyl (C=O) groups is 2. The van der Waals surface area contributed by atoms with Crippen LogP contribution in [0.25, 0.3) is 0 Å². The molecule has 2 aromatic rings. The van der Waals surface area contributed by atoms with Crippen LogP contribution in [0.1, 0.15) is 17.5 Å². The molecule has 1 fully saturated rings. The maximum Gasteiger partial charge on any atom is 0.229 e. The van der Waals surface area contributed by atoms with Crippen molar-refractivity contribution in [3.8, 4) is 5.75 Å². The molecule has 26 heavy (non-hydrogen) atoms. The second-order valence-electron chi connectivity index (χ2n) is 6.53.